The van der Waals surface area contributed by atoms with Crippen LogP contribution in [0.3, 0.4) is 0 Å². The van der Waals surface area contributed by atoms with Gasteiger partial charge in [0.2, 0.25) is 11.9 Å². The number of nitrogens with one attached hydrogen (secondary N) is 2. The number of hydrogen-bond acceptors (Lipinski definition) is 4. The molecule has 0 fully saturated rings. The molecule has 3 unspecified atom stereocenters. The molecule has 7 rings (SSSR count). The van der Waals surface area contributed by atoms with E-state index in [-0.39, 0.29) is 11.8 Å². The first-order chi connectivity index (χ1) is 16.9. The fourth-order valence-electron chi connectivity index (χ4n) is 5.91. The number of rotatable bonds is 4. The molecule has 2 N–H and O–H groups in total. The molecular weight excluding hydrogens is 502 g/mol. The number of nitriles is 1. The maximum absolute atomic E-state index is 13.9. The summed E-state index contributed by atoms with van der Waals surface area (Å²) in [6.45, 7) is 1.96. The maximum Gasteiger partial charge on any atom is 0.233 e. The third-order valence-electron chi connectivity index (χ3n) is 7.43. The van der Waals surface area contributed by atoms with E-state index >= 15 is 0 Å². The molecule has 172 valence electrons. The van der Waals surface area contributed by atoms with Gasteiger partial charge in [0.1, 0.15) is 5.41 Å². The summed E-state index contributed by atoms with van der Waals surface area (Å²) in [6.07, 6.45) is 4.52. The van der Waals surface area contributed by atoms with Gasteiger partial charge in [-0.25, -0.2) is 4.98 Å². The molecule has 3 atom stereocenters. The van der Waals surface area contributed by atoms with Gasteiger partial charge in [0.15, 0.2) is 0 Å². The van der Waals surface area contributed by atoms with Crippen molar-refractivity contribution in [2.24, 2.45) is 5.41 Å². The van der Waals surface area contributed by atoms with E-state index in [1.165, 1.54) is 0 Å². The largest absolute Gasteiger partial charge is 0.328 e. The lowest BCUT2D eigenvalue weighted by Gasteiger charge is -2.53. The van der Waals surface area contributed by atoms with Crippen molar-refractivity contribution in [1.29, 1.82) is 5.26 Å². The van der Waals surface area contributed by atoms with Crippen LogP contribution in [0.5, 0.6) is 0 Å². The third-order valence-corrected chi connectivity index (χ3v) is 7.96. The number of hydrogen-bond donors (Lipinski definition) is 2. The minimum Gasteiger partial charge on any atom is -0.328 e. The van der Waals surface area contributed by atoms with Crippen molar-refractivity contribution in [1.82, 2.24) is 15.0 Å². The summed E-state index contributed by atoms with van der Waals surface area (Å²) in [6, 6.07) is 22.5. The Morgan fingerprint density at radius 2 is 1.91 bits per heavy atom. The highest BCUT2D eigenvalue weighted by Gasteiger charge is 2.61. The van der Waals surface area contributed by atoms with Crippen LogP contribution in [-0.4, -0.2) is 20.9 Å². The molecule has 3 aliphatic carbocycles. The SMILES string of the molecule is CC1(C(=O)Nc2ncc(Cc3ccc(Br)cc3)[nH]2)CC2(C#N)c3ccccc3C1c1cccnc12. The highest BCUT2D eigenvalue weighted by atomic mass is 79.9. The van der Waals surface area contributed by atoms with Gasteiger partial charge in [0.25, 0.3) is 0 Å². The number of imidazole rings is 1. The van der Waals surface area contributed by atoms with Gasteiger partial charge < -0.3 is 4.98 Å². The van der Waals surface area contributed by atoms with E-state index in [0.717, 1.165) is 38.1 Å². The summed E-state index contributed by atoms with van der Waals surface area (Å²) >= 11 is 3.46. The highest BCUT2D eigenvalue weighted by molar-refractivity contribution is 9.10. The average molecular weight is 524 g/mol. The minimum atomic E-state index is -0.968. The molecule has 1 amide bonds. The number of carbonyl (C=O) groups excluding carboxylic acids is 1. The van der Waals surface area contributed by atoms with Crippen LogP contribution in [0.15, 0.2) is 77.5 Å². The summed E-state index contributed by atoms with van der Waals surface area (Å²) in [5, 5.41) is 13.5. The van der Waals surface area contributed by atoms with Crippen molar-refractivity contribution >= 4 is 27.8 Å². The maximum atomic E-state index is 13.9. The van der Waals surface area contributed by atoms with E-state index in [1.807, 2.05) is 67.6 Å². The van der Waals surface area contributed by atoms with Gasteiger partial charge in [0, 0.05) is 28.7 Å². The number of H-pyrrole nitrogens is 1. The van der Waals surface area contributed by atoms with Gasteiger partial charge in [-0.3, -0.25) is 15.1 Å². The first-order valence-electron chi connectivity index (χ1n) is 11.5. The molecular formula is C28H22BrN5O. The third kappa shape index (κ3) is 3.24. The van der Waals surface area contributed by atoms with Crippen molar-refractivity contribution in [3.63, 3.8) is 0 Å². The molecule has 35 heavy (non-hydrogen) atoms. The molecule has 2 bridgehead atoms. The second-order valence-electron chi connectivity index (χ2n) is 9.59. The fraction of sp³-hybridized carbons (Fsp3) is 0.214. The number of fused-ring (bicyclic) bond motifs is 1. The smallest absolute Gasteiger partial charge is 0.233 e. The van der Waals surface area contributed by atoms with Gasteiger partial charge in [-0.1, -0.05) is 58.4 Å². The minimum absolute atomic E-state index is 0.157. The molecule has 0 radical (unpaired) electrons. The lowest BCUT2D eigenvalue weighted by molar-refractivity contribution is -0.127. The van der Waals surface area contributed by atoms with E-state index in [0.29, 0.717) is 18.8 Å². The molecule has 3 aliphatic rings. The second kappa shape index (κ2) is 7.89. The number of aromatic nitrogens is 3. The first-order valence-corrected chi connectivity index (χ1v) is 12.3. The number of benzene rings is 2. The van der Waals surface area contributed by atoms with Crippen molar-refractivity contribution in [2.45, 2.75) is 31.1 Å². The Morgan fingerprint density at radius 3 is 2.71 bits per heavy atom. The second-order valence-corrected chi connectivity index (χ2v) is 10.5. The zero-order valence-corrected chi connectivity index (χ0v) is 20.6. The quantitative estimate of drug-likeness (QED) is 0.371. The lowest BCUT2D eigenvalue weighted by atomic mass is 9.48. The van der Waals surface area contributed by atoms with E-state index in [1.54, 1.807) is 12.4 Å². The highest BCUT2D eigenvalue weighted by Crippen LogP contribution is 2.63. The summed E-state index contributed by atoms with van der Waals surface area (Å²) in [4.78, 5) is 26.1. The molecule has 0 aliphatic heterocycles. The van der Waals surface area contributed by atoms with Crippen LogP contribution >= 0.6 is 15.9 Å². The molecule has 7 heteroatoms. The van der Waals surface area contributed by atoms with Crippen molar-refractivity contribution < 1.29 is 4.79 Å². The topological polar surface area (TPSA) is 94.5 Å². The first kappa shape index (κ1) is 21.8. The Morgan fingerprint density at radius 1 is 1.14 bits per heavy atom. The predicted octanol–water partition coefficient (Wildman–Crippen LogP) is 5.46. The van der Waals surface area contributed by atoms with E-state index in [2.05, 4.69) is 42.3 Å². The van der Waals surface area contributed by atoms with Gasteiger partial charge in [-0.2, -0.15) is 5.26 Å². The van der Waals surface area contributed by atoms with Gasteiger partial charge in [0.05, 0.1) is 23.4 Å². The Bertz CT molecular complexity index is 1450. The zero-order valence-electron chi connectivity index (χ0n) is 19.0. The molecule has 6 nitrogen and oxygen atoms in total. The molecule has 2 aromatic heterocycles. The Labute approximate surface area is 211 Å². The Hall–Kier alpha value is -3.76. The number of pyridine rings is 1. The average Bonchev–Trinajstić information content (AvgIpc) is 3.32. The molecule has 0 saturated heterocycles. The number of nitrogens with zero attached hydrogens (tertiary/aromatic N) is 3. The number of halogens is 1. The standard InChI is InChI=1S/C28H22BrN5O/c1-27(25(35)34-26-32-14-19(33-26)13-17-8-10-18(29)11-9-17)15-28(16-30)22-7-3-2-5-20(22)23(27)21-6-4-12-31-24(21)28/h2-12,14,23H,13,15H2,1H3,(H2,32,33,34,35). The van der Waals surface area contributed by atoms with Crippen LogP contribution < -0.4 is 5.32 Å². The van der Waals surface area contributed by atoms with Crippen LogP contribution in [0.2, 0.25) is 0 Å². The number of aromatic amines is 1. The van der Waals surface area contributed by atoms with Crippen LogP contribution in [0.25, 0.3) is 0 Å². The summed E-state index contributed by atoms with van der Waals surface area (Å²) in [5.74, 6) is 0.0565. The van der Waals surface area contributed by atoms with Crippen LogP contribution in [0.1, 0.15) is 52.9 Å². The van der Waals surface area contributed by atoms with E-state index in [4.69, 9.17) is 0 Å². The molecule has 0 spiro atoms. The van der Waals surface area contributed by atoms with E-state index < -0.39 is 10.8 Å². The van der Waals surface area contributed by atoms with Crippen molar-refractivity contribution in [3.05, 3.63) is 111 Å². The Balaban J connectivity index is 1.34. The summed E-state index contributed by atoms with van der Waals surface area (Å²) in [7, 11) is 0. The fourth-order valence-corrected chi connectivity index (χ4v) is 6.17. The van der Waals surface area contributed by atoms with Gasteiger partial charge in [-0.05, 0) is 53.8 Å². The van der Waals surface area contributed by atoms with Crippen molar-refractivity contribution in [3.8, 4) is 6.07 Å². The summed E-state index contributed by atoms with van der Waals surface area (Å²) < 4.78 is 1.03. The van der Waals surface area contributed by atoms with Crippen LogP contribution in [0, 0.1) is 16.7 Å². The summed E-state index contributed by atoms with van der Waals surface area (Å²) in [5.41, 5.74) is 3.93. The van der Waals surface area contributed by atoms with Crippen LogP contribution in [-0.2, 0) is 16.6 Å². The van der Waals surface area contributed by atoms with Crippen molar-refractivity contribution in [2.75, 3.05) is 5.32 Å². The normalized spacial score (nSPS) is 23.7. The number of amides is 1. The van der Waals surface area contributed by atoms with Crippen LogP contribution in [0.4, 0.5) is 5.95 Å². The lowest BCUT2D eigenvalue weighted by Crippen LogP contribution is -2.54. The monoisotopic (exact) mass is 523 g/mol. The number of carbonyl (C=O) groups is 1. The molecule has 2 heterocycles. The Kier molecular flexibility index (Phi) is 4.90. The van der Waals surface area contributed by atoms with Gasteiger partial charge >= 0.3 is 0 Å². The van der Waals surface area contributed by atoms with Gasteiger partial charge in [-0.15, -0.1) is 0 Å². The van der Waals surface area contributed by atoms with E-state index in [9.17, 15) is 10.1 Å². The molecule has 4 aromatic rings. The molecule has 0 saturated carbocycles. The number of anilines is 1. The predicted molar refractivity (Wildman–Crippen MR) is 136 cm³/mol. The molecule has 2 aromatic carbocycles. The zero-order chi connectivity index (χ0) is 24.2.